The van der Waals surface area contributed by atoms with Crippen molar-refractivity contribution < 1.29 is 0 Å². The molecule has 0 aliphatic carbocycles. The third-order valence-electron chi connectivity index (χ3n) is 4.73. The molecule has 0 aromatic rings. The predicted molar refractivity (Wildman–Crippen MR) is 84.5 cm³/mol. The molecule has 1 heterocycles. The Balaban J connectivity index is 2.22. The highest BCUT2D eigenvalue weighted by Crippen LogP contribution is 2.26. The molecule has 1 aliphatic heterocycles. The van der Waals surface area contributed by atoms with E-state index < -0.39 is 0 Å². The first-order chi connectivity index (χ1) is 9.02. The van der Waals surface area contributed by atoms with E-state index in [2.05, 4.69) is 37.5 Å². The summed E-state index contributed by atoms with van der Waals surface area (Å²) >= 11 is 0. The van der Waals surface area contributed by atoms with E-state index in [4.69, 9.17) is 5.73 Å². The van der Waals surface area contributed by atoms with Crippen LogP contribution in [-0.2, 0) is 0 Å². The molecule has 0 spiro atoms. The molecule has 0 amide bonds. The second-order valence-corrected chi connectivity index (χ2v) is 6.77. The zero-order chi connectivity index (χ0) is 14.3. The maximum Gasteiger partial charge on any atom is 0.0235 e. The summed E-state index contributed by atoms with van der Waals surface area (Å²) in [7, 11) is 0. The zero-order valence-corrected chi connectivity index (χ0v) is 13.6. The highest BCUT2D eigenvalue weighted by atomic mass is 15.2. The second kappa shape index (κ2) is 8.23. The highest BCUT2D eigenvalue weighted by Gasteiger charge is 2.26. The van der Waals surface area contributed by atoms with Crippen LogP contribution in [0.2, 0.25) is 0 Å². The van der Waals surface area contributed by atoms with Gasteiger partial charge in [0.05, 0.1) is 0 Å². The summed E-state index contributed by atoms with van der Waals surface area (Å²) < 4.78 is 0. The number of nitrogens with two attached hydrogens (primary N) is 1. The largest absolute Gasteiger partial charge is 0.330 e. The number of likely N-dealkylation sites (tertiary alicyclic amines) is 1. The van der Waals surface area contributed by atoms with Gasteiger partial charge in [-0.1, -0.05) is 27.7 Å². The van der Waals surface area contributed by atoms with Gasteiger partial charge in [0.2, 0.25) is 0 Å². The van der Waals surface area contributed by atoms with Gasteiger partial charge in [-0.05, 0) is 63.8 Å². The Morgan fingerprint density at radius 2 is 1.89 bits per heavy atom. The Morgan fingerprint density at radius 1 is 1.21 bits per heavy atom. The van der Waals surface area contributed by atoms with Gasteiger partial charge in [0, 0.05) is 12.6 Å². The molecular formula is C16H35N3. The van der Waals surface area contributed by atoms with Gasteiger partial charge in [-0.25, -0.2) is 0 Å². The number of likely N-dealkylation sites (N-methyl/N-ethyl adjacent to an activating group) is 1. The Morgan fingerprint density at radius 3 is 2.47 bits per heavy atom. The van der Waals surface area contributed by atoms with Crippen LogP contribution in [0.15, 0.2) is 0 Å². The van der Waals surface area contributed by atoms with Crippen LogP contribution in [-0.4, -0.2) is 55.1 Å². The van der Waals surface area contributed by atoms with Gasteiger partial charge in [0.1, 0.15) is 0 Å². The number of hydrogen-bond acceptors (Lipinski definition) is 3. The lowest BCUT2D eigenvalue weighted by Crippen LogP contribution is -2.37. The lowest BCUT2D eigenvalue weighted by molar-refractivity contribution is 0.205. The van der Waals surface area contributed by atoms with Crippen molar-refractivity contribution in [1.82, 2.24) is 9.80 Å². The van der Waals surface area contributed by atoms with Crippen LogP contribution in [0, 0.1) is 5.41 Å². The number of hydrogen-bond donors (Lipinski definition) is 1. The molecule has 3 nitrogen and oxygen atoms in total. The summed E-state index contributed by atoms with van der Waals surface area (Å²) in [5.41, 5.74) is 6.10. The monoisotopic (exact) mass is 269 g/mol. The third-order valence-corrected chi connectivity index (χ3v) is 4.73. The first-order valence-electron chi connectivity index (χ1n) is 8.19. The molecule has 0 radical (unpaired) electrons. The van der Waals surface area contributed by atoms with Crippen LogP contribution >= 0.6 is 0 Å². The van der Waals surface area contributed by atoms with Gasteiger partial charge in [-0.3, -0.25) is 4.90 Å². The zero-order valence-electron chi connectivity index (χ0n) is 13.6. The normalized spacial score (nSPS) is 21.5. The summed E-state index contributed by atoms with van der Waals surface area (Å²) in [5, 5.41) is 0. The SMILES string of the molecule is CCN(CC)C1CCN(CCCC(C)(C)CCN)C1. The molecule has 1 saturated heterocycles. The molecule has 3 heteroatoms. The third kappa shape index (κ3) is 5.80. The Labute approximate surface area is 120 Å². The smallest absolute Gasteiger partial charge is 0.0235 e. The molecular weight excluding hydrogens is 234 g/mol. The fourth-order valence-electron chi connectivity index (χ4n) is 3.35. The molecule has 0 saturated carbocycles. The summed E-state index contributed by atoms with van der Waals surface area (Å²) in [6.45, 7) is 16.3. The van der Waals surface area contributed by atoms with Crippen molar-refractivity contribution in [2.24, 2.45) is 11.1 Å². The second-order valence-electron chi connectivity index (χ2n) is 6.77. The lowest BCUT2D eigenvalue weighted by atomic mass is 9.84. The molecule has 0 aromatic heterocycles. The minimum atomic E-state index is 0.423. The predicted octanol–water partition coefficient (Wildman–Crippen LogP) is 2.56. The van der Waals surface area contributed by atoms with Gasteiger partial charge in [0.15, 0.2) is 0 Å². The van der Waals surface area contributed by atoms with E-state index in [1.54, 1.807) is 0 Å². The topological polar surface area (TPSA) is 32.5 Å². The van der Waals surface area contributed by atoms with Gasteiger partial charge < -0.3 is 10.6 Å². The lowest BCUT2D eigenvalue weighted by Gasteiger charge is -2.27. The molecule has 0 bridgehead atoms. The summed E-state index contributed by atoms with van der Waals surface area (Å²) in [5.74, 6) is 0. The number of rotatable bonds is 9. The van der Waals surface area contributed by atoms with Crippen molar-refractivity contribution in [1.29, 1.82) is 0 Å². The van der Waals surface area contributed by atoms with E-state index >= 15 is 0 Å². The first-order valence-corrected chi connectivity index (χ1v) is 8.19. The van der Waals surface area contributed by atoms with Crippen LogP contribution in [0.25, 0.3) is 0 Å². The van der Waals surface area contributed by atoms with Crippen molar-refractivity contribution in [3.8, 4) is 0 Å². The molecule has 114 valence electrons. The Kier molecular flexibility index (Phi) is 7.33. The van der Waals surface area contributed by atoms with Crippen molar-refractivity contribution in [3.63, 3.8) is 0 Å². The van der Waals surface area contributed by atoms with Crippen molar-refractivity contribution in [2.75, 3.05) is 39.3 Å². The van der Waals surface area contributed by atoms with Gasteiger partial charge >= 0.3 is 0 Å². The maximum absolute atomic E-state index is 5.67. The van der Waals surface area contributed by atoms with Crippen molar-refractivity contribution >= 4 is 0 Å². The van der Waals surface area contributed by atoms with E-state index in [1.807, 2.05) is 0 Å². The quantitative estimate of drug-likeness (QED) is 0.698. The van der Waals surface area contributed by atoms with Gasteiger partial charge in [-0.2, -0.15) is 0 Å². The van der Waals surface area contributed by atoms with E-state index in [0.29, 0.717) is 5.41 Å². The van der Waals surface area contributed by atoms with Gasteiger partial charge in [0.25, 0.3) is 0 Å². The Hall–Kier alpha value is -0.120. The molecule has 1 rings (SSSR count). The highest BCUT2D eigenvalue weighted by molar-refractivity contribution is 4.83. The van der Waals surface area contributed by atoms with Gasteiger partial charge in [-0.15, -0.1) is 0 Å². The Bertz CT molecular complexity index is 236. The van der Waals surface area contributed by atoms with Crippen molar-refractivity contribution in [3.05, 3.63) is 0 Å². The van der Waals surface area contributed by atoms with Crippen LogP contribution in [0.5, 0.6) is 0 Å². The van der Waals surface area contributed by atoms with Crippen LogP contribution in [0.3, 0.4) is 0 Å². The minimum absolute atomic E-state index is 0.423. The van der Waals surface area contributed by atoms with E-state index in [9.17, 15) is 0 Å². The summed E-state index contributed by atoms with van der Waals surface area (Å²) in [4.78, 5) is 5.26. The number of nitrogens with zero attached hydrogens (tertiary/aromatic N) is 2. The maximum atomic E-state index is 5.67. The van der Waals surface area contributed by atoms with Crippen LogP contribution in [0.4, 0.5) is 0 Å². The van der Waals surface area contributed by atoms with Crippen LogP contribution < -0.4 is 5.73 Å². The summed E-state index contributed by atoms with van der Waals surface area (Å²) in [6.07, 6.45) is 5.12. The molecule has 19 heavy (non-hydrogen) atoms. The fourth-order valence-corrected chi connectivity index (χ4v) is 3.35. The molecule has 1 atom stereocenters. The summed E-state index contributed by atoms with van der Waals surface area (Å²) in [6, 6.07) is 0.798. The van der Waals surface area contributed by atoms with Crippen molar-refractivity contribution in [2.45, 2.75) is 59.4 Å². The van der Waals surface area contributed by atoms with E-state index in [-0.39, 0.29) is 0 Å². The van der Waals surface area contributed by atoms with E-state index in [0.717, 1.165) is 19.0 Å². The van der Waals surface area contributed by atoms with E-state index in [1.165, 1.54) is 52.0 Å². The minimum Gasteiger partial charge on any atom is -0.330 e. The molecule has 1 fully saturated rings. The average molecular weight is 269 g/mol. The molecule has 1 unspecified atom stereocenters. The molecule has 1 aliphatic rings. The fraction of sp³-hybridized carbons (Fsp3) is 1.00. The van der Waals surface area contributed by atoms with Crippen LogP contribution in [0.1, 0.15) is 53.4 Å². The first kappa shape index (κ1) is 16.9. The molecule has 2 N–H and O–H groups in total. The average Bonchev–Trinajstić information content (AvgIpc) is 2.79. The molecule has 0 aromatic carbocycles. The standard InChI is InChI=1S/C16H35N3/c1-5-19(6-2)15-8-13-18(14-15)12-7-9-16(3,4)10-11-17/h15H,5-14,17H2,1-4H3.